The van der Waals surface area contributed by atoms with Gasteiger partial charge in [0.25, 0.3) is 0 Å². The molecule has 0 aromatic heterocycles. The van der Waals surface area contributed by atoms with Crippen molar-refractivity contribution in [1.29, 1.82) is 5.41 Å². The average Bonchev–Trinajstić information content (AvgIpc) is 2.15. The number of benzene rings is 1. The molecule has 1 aromatic carbocycles. The number of halogens is 1. The van der Waals surface area contributed by atoms with Crippen molar-refractivity contribution >= 4 is 17.4 Å². The topological polar surface area (TPSA) is 59.1 Å². The Morgan fingerprint density at radius 2 is 2.29 bits per heavy atom. The standard InChI is InChI=1S/C10H13ClN2O/c1-2-14-6-7-3-4-8(11)5-9(7)10(12)13/h3-5H,2,6H2,1H3,(H3,12,13). The number of amidine groups is 1. The molecule has 1 rings (SSSR count). The van der Waals surface area contributed by atoms with Crippen molar-refractivity contribution in [2.24, 2.45) is 5.73 Å². The normalized spacial score (nSPS) is 10.1. The molecule has 0 atom stereocenters. The van der Waals surface area contributed by atoms with E-state index in [4.69, 9.17) is 27.5 Å². The summed E-state index contributed by atoms with van der Waals surface area (Å²) in [7, 11) is 0. The molecule has 0 saturated heterocycles. The van der Waals surface area contributed by atoms with Crippen molar-refractivity contribution in [3.8, 4) is 0 Å². The predicted octanol–water partition coefficient (Wildman–Crippen LogP) is 2.16. The van der Waals surface area contributed by atoms with Gasteiger partial charge in [-0.15, -0.1) is 0 Å². The van der Waals surface area contributed by atoms with Gasteiger partial charge in [0.1, 0.15) is 5.84 Å². The van der Waals surface area contributed by atoms with Crippen LogP contribution in [0.15, 0.2) is 18.2 Å². The molecule has 0 amide bonds. The number of rotatable bonds is 4. The second kappa shape index (κ2) is 4.98. The predicted molar refractivity (Wildman–Crippen MR) is 57.8 cm³/mol. The Bertz CT molecular complexity index is 339. The molecule has 3 N–H and O–H groups in total. The van der Waals surface area contributed by atoms with Crippen molar-refractivity contribution in [2.75, 3.05) is 6.61 Å². The Balaban J connectivity index is 2.96. The van der Waals surface area contributed by atoms with Crippen LogP contribution in [0.1, 0.15) is 18.1 Å². The molecule has 1 aromatic rings. The molecule has 0 aliphatic carbocycles. The van der Waals surface area contributed by atoms with Crippen LogP contribution < -0.4 is 5.73 Å². The zero-order valence-corrected chi connectivity index (χ0v) is 8.77. The van der Waals surface area contributed by atoms with Gasteiger partial charge in [0.2, 0.25) is 0 Å². The van der Waals surface area contributed by atoms with Crippen LogP contribution in [0.4, 0.5) is 0 Å². The fourth-order valence-corrected chi connectivity index (χ4v) is 1.31. The SMILES string of the molecule is CCOCc1ccc(Cl)cc1C(=N)N. The van der Waals surface area contributed by atoms with Gasteiger partial charge < -0.3 is 10.5 Å². The van der Waals surface area contributed by atoms with E-state index < -0.39 is 0 Å². The summed E-state index contributed by atoms with van der Waals surface area (Å²) in [4.78, 5) is 0. The van der Waals surface area contributed by atoms with Gasteiger partial charge in [-0.2, -0.15) is 0 Å². The zero-order chi connectivity index (χ0) is 10.6. The van der Waals surface area contributed by atoms with Crippen molar-refractivity contribution in [3.63, 3.8) is 0 Å². The lowest BCUT2D eigenvalue weighted by Crippen LogP contribution is -2.14. The number of hydrogen-bond acceptors (Lipinski definition) is 2. The number of ether oxygens (including phenoxy) is 1. The molecular formula is C10H13ClN2O. The first-order valence-corrected chi connectivity index (χ1v) is 4.73. The third-order valence-electron chi connectivity index (χ3n) is 1.82. The zero-order valence-electron chi connectivity index (χ0n) is 8.01. The molecule has 14 heavy (non-hydrogen) atoms. The summed E-state index contributed by atoms with van der Waals surface area (Å²) < 4.78 is 5.25. The molecule has 0 bridgehead atoms. The van der Waals surface area contributed by atoms with Gasteiger partial charge >= 0.3 is 0 Å². The first-order chi connectivity index (χ1) is 6.65. The van der Waals surface area contributed by atoms with E-state index in [0.717, 1.165) is 5.56 Å². The van der Waals surface area contributed by atoms with Gasteiger partial charge in [0.05, 0.1) is 6.61 Å². The quantitative estimate of drug-likeness (QED) is 0.594. The molecule has 3 nitrogen and oxygen atoms in total. The minimum absolute atomic E-state index is 0.0159. The van der Waals surface area contributed by atoms with Crippen LogP contribution in [-0.2, 0) is 11.3 Å². The van der Waals surface area contributed by atoms with E-state index in [0.29, 0.717) is 23.8 Å². The Morgan fingerprint density at radius 1 is 1.57 bits per heavy atom. The van der Waals surface area contributed by atoms with Gasteiger partial charge in [-0.25, -0.2) is 0 Å². The lowest BCUT2D eigenvalue weighted by Gasteiger charge is -2.08. The number of nitrogens with one attached hydrogen (secondary N) is 1. The molecule has 0 radical (unpaired) electrons. The van der Waals surface area contributed by atoms with E-state index in [9.17, 15) is 0 Å². The minimum Gasteiger partial charge on any atom is -0.384 e. The molecule has 76 valence electrons. The summed E-state index contributed by atoms with van der Waals surface area (Å²) in [6, 6.07) is 5.27. The summed E-state index contributed by atoms with van der Waals surface area (Å²) in [5.41, 5.74) is 6.96. The van der Waals surface area contributed by atoms with Crippen LogP contribution in [0.2, 0.25) is 5.02 Å². The van der Waals surface area contributed by atoms with Crippen LogP contribution in [0, 0.1) is 5.41 Å². The van der Waals surface area contributed by atoms with E-state index in [-0.39, 0.29) is 5.84 Å². The van der Waals surface area contributed by atoms with Crippen LogP contribution in [-0.4, -0.2) is 12.4 Å². The van der Waals surface area contributed by atoms with Crippen LogP contribution in [0.3, 0.4) is 0 Å². The first kappa shape index (κ1) is 11.0. The third-order valence-corrected chi connectivity index (χ3v) is 2.06. The summed E-state index contributed by atoms with van der Waals surface area (Å²) in [5.74, 6) is 0.0159. The maximum Gasteiger partial charge on any atom is 0.123 e. The average molecular weight is 213 g/mol. The van der Waals surface area contributed by atoms with Gasteiger partial charge in [0, 0.05) is 17.2 Å². The molecule has 0 saturated carbocycles. The largest absolute Gasteiger partial charge is 0.384 e. The highest BCUT2D eigenvalue weighted by molar-refractivity contribution is 6.31. The highest BCUT2D eigenvalue weighted by atomic mass is 35.5. The molecule has 4 heteroatoms. The van der Waals surface area contributed by atoms with Crippen molar-refractivity contribution in [1.82, 2.24) is 0 Å². The highest BCUT2D eigenvalue weighted by Crippen LogP contribution is 2.16. The minimum atomic E-state index is 0.0159. The van der Waals surface area contributed by atoms with Gasteiger partial charge in [-0.3, -0.25) is 5.41 Å². The van der Waals surface area contributed by atoms with Gasteiger partial charge in [-0.05, 0) is 24.6 Å². The molecular weight excluding hydrogens is 200 g/mol. The fraction of sp³-hybridized carbons (Fsp3) is 0.300. The lowest BCUT2D eigenvalue weighted by molar-refractivity contribution is 0.134. The molecule has 0 heterocycles. The van der Waals surface area contributed by atoms with Gasteiger partial charge in [-0.1, -0.05) is 17.7 Å². The molecule has 0 unspecified atom stereocenters. The number of nitrogens with two attached hydrogens (primary N) is 1. The monoisotopic (exact) mass is 212 g/mol. The second-order valence-corrected chi connectivity index (χ2v) is 3.29. The van der Waals surface area contributed by atoms with E-state index in [1.807, 2.05) is 13.0 Å². The van der Waals surface area contributed by atoms with E-state index >= 15 is 0 Å². The second-order valence-electron chi connectivity index (χ2n) is 2.85. The Labute approximate surface area is 88.3 Å². The maximum atomic E-state index is 7.37. The summed E-state index contributed by atoms with van der Waals surface area (Å²) in [5, 5.41) is 7.95. The van der Waals surface area contributed by atoms with Crippen molar-refractivity contribution in [3.05, 3.63) is 34.3 Å². The highest BCUT2D eigenvalue weighted by Gasteiger charge is 2.05. The van der Waals surface area contributed by atoms with Crippen LogP contribution in [0.25, 0.3) is 0 Å². The summed E-state index contributed by atoms with van der Waals surface area (Å²) in [6.45, 7) is 3.02. The van der Waals surface area contributed by atoms with E-state index in [2.05, 4.69) is 0 Å². The lowest BCUT2D eigenvalue weighted by atomic mass is 10.1. The van der Waals surface area contributed by atoms with E-state index in [1.54, 1.807) is 12.1 Å². The molecule has 0 aliphatic heterocycles. The Kier molecular flexibility index (Phi) is 3.92. The van der Waals surface area contributed by atoms with Crippen molar-refractivity contribution < 1.29 is 4.74 Å². The Hall–Kier alpha value is -1.06. The fourth-order valence-electron chi connectivity index (χ4n) is 1.14. The first-order valence-electron chi connectivity index (χ1n) is 4.35. The van der Waals surface area contributed by atoms with Crippen LogP contribution in [0.5, 0.6) is 0 Å². The molecule has 0 spiro atoms. The van der Waals surface area contributed by atoms with E-state index in [1.165, 1.54) is 0 Å². The number of nitrogen functional groups attached to an aromatic ring is 1. The molecule has 0 aliphatic rings. The van der Waals surface area contributed by atoms with Gasteiger partial charge in [0.15, 0.2) is 0 Å². The Morgan fingerprint density at radius 3 is 2.86 bits per heavy atom. The summed E-state index contributed by atoms with van der Waals surface area (Å²) >= 11 is 5.80. The maximum absolute atomic E-state index is 7.37. The molecule has 0 fully saturated rings. The smallest absolute Gasteiger partial charge is 0.123 e. The summed E-state index contributed by atoms with van der Waals surface area (Å²) in [6.07, 6.45) is 0. The number of hydrogen-bond donors (Lipinski definition) is 2. The van der Waals surface area contributed by atoms with Crippen LogP contribution >= 0.6 is 11.6 Å². The third kappa shape index (κ3) is 2.72. The van der Waals surface area contributed by atoms with Crippen molar-refractivity contribution in [2.45, 2.75) is 13.5 Å².